The first kappa shape index (κ1) is 14.5. The van der Waals surface area contributed by atoms with Crippen molar-refractivity contribution in [2.45, 2.75) is 39.4 Å². The van der Waals surface area contributed by atoms with Gasteiger partial charge in [-0.3, -0.25) is 9.59 Å². The molecule has 1 aliphatic rings. The molecule has 0 radical (unpaired) electrons. The molecule has 0 saturated carbocycles. The number of benzene rings is 1. The zero-order valence-electron chi connectivity index (χ0n) is 11.9. The van der Waals surface area contributed by atoms with Gasteiger partial charge in [-0.1, -0.05) is 26.0 Å². The highest BCUT2D eigenvalue weighted by Gasteiger charge is 2.39. The van der Waals surface area contributed by atoms with Crippen LogP contribution in [0.4, 0.5) is 4.39 Å². The van der Waals surface area contributed by atoms with Crippen LogP contribution in [-0.4, -0.2) is 28.8 Å². The molecule has 1 heterocycles. The Balaban J connectivity index is 2.26. The zero-order valence-corrected chi connectivity index (χ0v) is 11.9. The maximum absolute atomic E-state index is 12.9. The molecule has 1 aromatic carbocycles. The summed E-state index contributed by atoms with van der Waals surface area (Å²) in [7, 11) is 0. The van der Waals surface area contributed by atoms with Gasteiger partial charge in [0.15, 0.2) is 0 Å². The Morgan fingerprint density at radius 3 is 2.40 bits per heavy atom. The van der Waals surface area contributed by atoms with Gasteiger partial charge in [-0.15, -0.1) is 0 Å². The smallest absolute Gasteiger partial charge is 0.245 e. The van der Waals surface area contributed by atoms with E-state index in [1.165, 1.54) is 12.1 Å². The second-order valence-corrected chi connectivity index (χ2v) is 5.51. The maximum Gasteiger partial charge on any atom is 0.245 e. The van der Waals surface area contributed by atoms with Crippen molar-refractivity contribution in [3.8, 4) is 0 Å². The molecule has 20 heavy (non-hydrogen) atoms. The highest BCUT2D eigenvalue weighted by atomic mass is 19.1. The maximum atomic E-state index is 12.9. The van der Waals surface area contributed by atoms with Crippen LogP contribution in [0.5, 0.6) is 0 Å². The SMILES string of the molecule is CC(C)[C@H]1C(=O)N[C@@H](C)C(=O)N1Cc1ccc(F)cc1. The number of carbonyl (C=O) groups excluding carboxylic acids is 2. The summed E-state index contributed by atoms with van der Waals surface area (Å²) < 4.78 is 12.9. The summed E-state index contributed by atoms with van der Waals surface area (Å²) in [5, 5.41) is 2.70. The van der Waals surface area contributed by atoms with Crippen molar-refractivity contribution < 1.29 is 14.0 Å². The van der Waals surface area contributed by atoms with Crippen molar-refractivity contribution in [1.82, 2.24) is 10.2 Å². The van der Waals surface area contributed by atoms with E-state index in [0.29, 0.717) is 6.54 Å². The molecule has 0 aromatic heterocycles. The number of hydrogen-bond acceptors (Lipinski definition) is 2. The summed E-state index contributed by atoms with van der Waals surface area (Å²) >= 11 is 0. The fraction of sp³-hybridized carbons (Fsp3) is 0.467. The first-order valence-electron chi connectivity index (χ1n) is 6.75. The van der Waals surface area contributed by atoms with Crippen molar-refractivity contribution in [1.29, 1.82) is 0 Å². The number of piperazine rings is 1. The van der Waals surface area contributed by atoms with Crippen molar-refractivity contribution in [2.75, 3.05) is 0 Å². The molecular weight excluding hydrogens is 259 g/mol. The van der Waals surface area contributed by atoms with E-state index >= 15 is 0 Å². The summed E-state index contributed by atoms with van der Waals surface area (Å²) in [5.41, 5.74) is 0.812. The molecular formula is C15H19FN2O2. The second kappa shape index (κ2) is 5.61. The van der Waals surface area contributed by atoms with Gasteiger partial charge in [0.1, 0.15) is 17.9 Å². The molecule has 1 fully saturated rings. The zero-order chi connectivity index (χ0) is 14.9. The van der Waals surface area contributed by atoms with Crippen LogP contribution in [0.3, 0.4) is 0 Å². The quantitative estimate of drug-likeness (QED) is 0.915. The molecule has 0 spiro atoms. The predicted molar refractivity (Wildman–Crippen MR) is 73.2 cm³/mol. The lowest BCUT2D eigenvalue weighted by atomic mass is 9.96. The van der Waals surface area contributed by atoms with Crippen LogP contribution >= 0.6 is 0 Å². The molecule has 0 aliphatic carbocycles. The van der Waals surface area contributed by atoms with E-state index in [4.69, 9.17) is 0 Å². The van der Waals surface area contributed by atoms with Crippen molar-refractivity contribution in [3.05, 3.63) is 35.6 Å². The van der Waals surface area contributed by atoms with E-state index in [1.807, 2.05) is 13.8 Å². The minimum atomic E-state index is -0.516. The van der Waals surface area contributed by atoms with Gasteiger partial charge in [0.25, 0.3) is 0 Å². The van der Waals surface area contributed by atoms with Crippen LogP contribution in [0.1, 0.15) is 26.3 Å². The van der Waals surface area contributed by atoms with Crippen LogP contribution in [0, 0.1) is 11.7 Å². The van der Waals surface area contributed by atoms with Crippen LogP contribution in [0.25, 0.3) is 0 Å². The van der Waals surface area contributed by atoms with Gasteiger partial charge in [-0.2, -0.15) is 0 Å². The van der Waals surface area contributed by atoms with E-state index < -0.39 is 12.1 Å². The third kappa shape index (κ3) is 2.81. The average Bonchev–Trinajstić information content (AvgIpc) is 2.37. The largest absolute Gasteiger partial charge is 0.343 e. The molecule has 2 rings (SSSR count). The molecule has 1 aliphatic heterocycles. The number of amides is 2. The molecule has 2 atom stereocenters. The van der Waals surface area contributed by atoms with Crippen LogP contribution in [0.15, 0.2) is 24.3 Å². The van der Waals surface area contributed by atoms with Crippen LogP contribution < -0.4 is 5.32 Å². The lowest BCUT2D eigenvalue weighted by Gasteiger charge is -2.40. The molecule has 0 bridgehead atoms. The Kier molecular flexibility index (Phi) is 4.06. The third-order valence-corrected chi connectivity index (χ3v) is 3.51. The Hall–Kier alpha value is -1.91. The highest BCUT2D eigenvalue weighted by molar-refractivity contribution is 5.96. The molecule has 4 nitrogen and oxygen atoms in total. The normalized spacial score (nSPS) is 23.1. The summed E-state index contributed by atoms with van der Waals surface area (Å²) in [6, 6.07) is 4.99. The number of halogens is 1. The van der Waals surface area contributed by atoms with Gasteiger partial charge < -0.3 is 10.2 Å². The number of carbonyl (C=O) groups is 2. The monoisotopic (exact) mass is 278 g/mol. The molecule has 5 heteroatoms. The number of hydrogen-bond donors (Lipinski definition) is 1. The Morgan fingerprint density at radius 2 is 1.85 bits per heavy atom. The van der Waals surface area contributed by atoms with E-state index in [2.05, 4.69) is 5.32 Å². The average molecular weight is 278 g/mol. The number of nitrogens with one attached hydrogen (secondary N) is 1. The minimum Gasteiger partial charge on any atom is -0.343 e. The molecule has 1 aromatic rings. The van der Waals surface area contributed by atoms with Crippen molar-refractivity contribution in [3.63, 3.8) is 0 Å². The third-order valence-electron chi connectivity index (χ3n) is 3.51. The lowest BCUT2D eigenvalue weighted by Crippen LogP contribution is -2.63. The predicted octanol–water partition coefficient (Wildman–Crippen LogP) is 1.70. The first-order chi connectivity index (χ1) is 9.40. The molecule has 0 unspecified atom stereocenters. The Morgan fingerprint density at radius 1 is 1.25 bits per heavy atom. The summed E-state index contributed by atoms with van der Waals surface area (Å²) in [6.07, 6.45) is 0. The van der Waals surface area contributed by atoms with Gasteiger partial charge in [0, 0.05) is 6.54 Å². The van der Waals surface area contributed by atoms with E-state index in [9.17, 15) is 14.0 Å². The topological polar surface area (TPSA) is 49.4 Å². The number of nitrogens with zero attached hydrogens (tertiary/aromatic N) is 1. The van der Waals surface area contributed by atoms with Gasteiger partial charge in [0.05, 0.1) is 0 Å². The molecule has 1 saturated heterocycles. The fourth-order valence-corrected chi connectivity index (χ4v) is 2.51. The van der Waals surface area contributed by atoms with E-state index in [0.717, 1.165) is 5.56 Å². The van der Waals surface area contributed by atoms with Crippen LogP contribution in [-0.2, 0) is 16.1 Å². The standard InChI is InChI=1S/C15H19FN2O2/c1-9(2)13-14(19)17-10(3)15(20)18(13)8-11-4-6-12(16)7-5-11/h4-7,9-10,13H,8H2,1-3H3,(H,17,19)/t10-,13-/m0/s1. The summed E-state index contributed by atoms with van der Waals surface area (Å²) in [4.78, 5) is 26.0. The van der Waals surface area contributed by atoms with Gasteiger partial charge >= 0.3 is 0 Å². The highest BCUT2D eigenvalue weighted by Crippen LogP contribution is 2.20. The summed E-state index contributed by atoms with van der Waals surface area (Å²) in [6.45, 7) is 5.81. The molecule has 1 N–H and O–H groups in total. The van der Waals surface area contributed by atoms with Crippen molar-refractivity contribution >= 4 is 11.8 Å². The van der Waals surface area contributed by atoms with Crippen LogP contribution in [0.2, 0.25) is 0 Å². The molecule has 2 amide bonds. The fourth-order valence-electron chi connectivity index (χ4n) is 2.51. The Bertz CT molecular complexity index is 513. The van der Waals surface area contributed by atoms with E-state index in [1.54, 1.807) is 24.0 Å². The lowest BCUT2D eigenvalue weighted by molar-refractivity contribution is -0.151. The molecule has 108 valence electrons. The van der Waals surface area contributed by atoms with Gasteiger partial charge in [-0.25, -0.2) is 4.39 Å². The van der Waals surface area contributed by atoms with E-state index in [-0.39, 0.29) is 23.5 Å². The first-order valence-corrected chi connectivity index (χ1v) is 6.75. The van der Waals surface area contributed by atoms with Gasteiger partial charge in [-0.05, 0) is 30.5 Å². The number of rotatable bonds is 3. The van der Waals surface area contributed by atoms with Crippen molar-refractivity contribution in [2.24, 2.45) is 5.92 Å². The minimum absolute atomic E-state index is 0.0203. The summed E-state index contributed by atoms with van der Waals surface area (Å²) in [5.74, 6) is -0.529. The van der Waals surface area contributed by atoms with Gasteiger partial charge in [0.2, 0.25) is 11.8 Å². The Labute approximate surface area is 118 Å². The second-order valence-electron chi connectivity index (χ2n) is 5.51.